The van der Waals surface area contributed by atoms with Crippen LogP contribution in [0.15, 0.2) is 18.2 Å². The molecule has 4 rings (SSSR count). The average molecular weight is 365 g/mol. The molecular weight excluding hydrogens is 338 g/mol. The Labute approximate surface area is 160 Å². The van der Waals surface area contributed by atoms with Crippen LogP contribution in [0.3, 0.4) is 0 Å². The van der Waals surface area contributed by atoms with Crippen molar-refractivity contribution < 1.29 is 0 Å². The molecule has 2 aromatic rings. The SMILES string of the molecule is CCn1c(CN2CCCC2)nnc1C1CCN(c2cccc(C#N)n2)CC1. The molecule has 4 heterocycles. The van der Waals surface area contributed by atoms with Gasteiger partial charge in [0.1, 0.15) is 29.2 Å². The number of nitriles is 1. The second-order valence-corrected chi connectivity index (χ2v) is 7.46. The fraction of sp³-hybridized carbons (Fsp3) is 0.600. The number of aromatic nitrogens is 4. The van der Waals surface area contributed by atoms with Crippen LogP contribution in [0, 0.1) is 11.3 Å². The van der Waals surface area contributed by atoms with Crippen molar-refractivity contribution in [3.8, 4) is 6.07 Å². The Balaban J connectivity index is 1.43. The van der Waals surface area contributed by atoms with E-state index in [-0.39, 0.29) is 0 Å². The number of likely N-dealkylation sites (tertiary alicyclic amines) is 1. The van der Waals surface area contributed by atoms with Crippen molar-refractivity contribution >= 4 is 5.82 Å². The van der Waals surface area contributed by atoms with Gasteiger partial charge in [-0.2, -0.15) is 5.26 Å². The van der Waals surface area contributed by atoms with E-state index in [2.05, 4.69) is 42.5 Å². The van der Waals surface area contributed by atoms with Gasteiger partial charge in [0, 0.05) is 25.6 Å². The number of pyridine rings is 1. The van der Waals surface area contributed by atoms with E-state index in [1.54, 1.807) is 6.07 Å². The van der Waals surface area contributed by atoms with E-state index >= 15 is 0 Å². The summed E-state index contributed by atoms with van der Waals surface area (Å²) >= 11 is 0. The second-order valence-electron chi connectivity index (χ2n) is 7.46. The number of anilines is 1. The largest absolute Gasteiger partial charge is 0.357 e. The molecule has 27 heavy (non-hydrogen) atoms. The Bertz CT molecular complexity index is 808. The van der Waals surface area contributed by atoms with Gasteiger partial charge in [0.15, 0.2) is 0 Å². The number of piperidine rings is 1. The first-order valence-electron chi connectivity index (χ1n) is 10.0. The molecule has 0 radical (unpaired) electrons. The Morgan fingerprint density at radius 2 is 1.89 bits per heavy atom. The standard InChI is InChI=1S/C20H27N7/c1-2-27-19(15-25-10-3-4-11-25)23-24-20(27)16-8-12-26(13-9-16)18-7-5-6-17(14-21)22-18/h5-7,16H,2-4,8-13,15H2,1H3. The molecule has 2 saturated heterocycles. The zero-order valence-corrected chi connectivity index (χ0v) is 16.0. The molecule has 0 atom stereocenters. The van der Waals surface area contributed by atoms with Crippen LogP contribution in [0.1, 0.15) is 55.9 Å². The zero-order valence-electron chi connectivity index (χ0n) is 16.0. The highest BCUT2D eigenvalue weighted by atomic mass is 15.3. The van der Waals surface area contributed by atoms with Crippen LogP contribution >= 0.6 is 0 Å². The molecule has 2 aliphatic rings. The highest BCUT2D eigenvalue weighted by Crippen LogP contribution is 2.29. The van der Waals surface area contributed by atoms with Gasteiger partial charge in [0.05, 0.1) is 6.54 Å². The predicted octanol–water partition coefficient (Wildman–Crippen LogP) is 2.54. The maximum atomic E-state index is 9.06. The van der Waals surface area contributed by atoms with Crippen molar-refractivity contribution in [2.45, 2.75) is 51.6 Å². The molecule has 0 aromatic carbocycles. The Morgan fingerprint density at radius 1 is 1.11 bits per heavy atom. The summed E-state index contributed by atoms with van der Waals surface area (Å²) in [6.45, 7) is 8.27. The van der Waals surface area contributed by atoms with Crippen LogP contribution in [-0.2, 0) is 13.1 Å². The van der Waals surface area contributed by atoms with E-state index in [1.165, 1.54) is 25.9 Å². The van der Waals surface area contributed by atoms with Gasteiger partial charge in [-0.25, -0.2) is 4.98 Å². The molecule has 0 spiro atoms. The van der Waals surface area contributed by atoms with Crippen molar-refractivity contribution in [2.75, 3.05) is 31.1 Å². The first kappa shape index (κ1) is 17.9. The summed E-state index contributed by atoms with van der Waals surface area (Å²) in [4.78, 5) is 9.19. The van der Waals surface area contributed by atoms with Crippen molar-refractivity contribution in [2.24, 2.45) is 0 Å². The Morgan fingerprint density at radius 3 is 2.59 bits per heavy atom. The lowest BCUT2D eigenvalue weighted by Gasteiger charge is -2.32. The number of nitrogens with zero attached hydrogens (tertiary/aromatic N) is 7. The molecule has 7 heteroatoms. The molecular formula is C20H27N7. The topological polar surface area (TPSA) is 73.9 Å². The van der Waals surface area contributed by atoms with Crippen LogP contribution in [-0.4, -0.2) is 50.8 Å². The highest BCUT2D eigenvalue weighted by molar-refractivity contribution is 5.42. The molecule has 142 valence electrons. The van der Waals surface area contributed by atoms with Gasteiger partial charge in [-0.15, -0.1) is 10.2 Å². The third kappa shape index (κ3) is 3.81. The Hall–Kier alpha value is -2.46. The van der Waals surface area contributed by atoms with Gasteiger partial charge in [-0.05, 0) is 57.8 Å². The van der Waals surface area contributed by atoms with E-state index in [0.29, 0.717) is 11.6 Å². The molecule has 2 aliphatic heterocycles. The summed E-state index contributed by atoms with van der Waals surface area (Å²) in [5, 5.41) is 18.2. The first-order valence-corrected chi connectivity index (χ1v) is 10.0. The zero-order chi connectivity index (χ0) is 18.6. The van der Waals surface area contributed by atoms with Gasteiger partial charge < -0.3 is 9.47 Å². The first-order chi connectivity index (χ1) is 13.3. The monoisotopic (exact) mass is 365 g/mol. The van der Waals surface area contributed by atoms with Crippen molar-refractivity contribution in [1.29, 1.82) is 5.26 Å². The minimum atomic E-state index is 0.445. The summed E-state index contributed by atoms with van der Waals surface area (Å²) in [6, 6.07) is 7.77. The fourth-order valence-electron chi connectivity index (χ4n) is 4.28. The lowest BCUT2D eigenvalue weighted by atomic mass is 9.96. The Kier molecular flexibility index (Phi) is 5.35. The number of rotatable bonds is 5. The quantitative estimate of drug-likeness (QED) is 0.811. The molecule has 0 saturated carbocycles. The fourth-order valence-corrected chi connectivity index (χ4v) is 4.28. The normalized spacial score (nSPS) is 18.7. The van der Waals surface area contributed by atoms with Gasteiger partial charge in [-0.1, -0.05) is 6.07 Å². The maximum Gasteiger partial charge on any atom is 0.147 e. The minimum Gasteiger partial charge on any atom is -0.357 e. The molecule has 2 aromatic heterocycles. The van der Waals surface area contributed by atoms with Crippen LogP contribution in [0.25, 0.3) is 0 Å². The summed E-state index contributed by atoms with van der Waals surface area (Å²) < 4.78 is 2.33. The third-order valence-corrected chi connectivity index (χ3v) is 5.77. The smallest absolute Gasteiger partial charge is 0.147 e. The van der Waals surface area contributed by atoms with Crippen molar-refractivity contribution in [1.82, 2.24) is 24.6 Å². The predicted molar refractivity (Wildman–Crippen MR) is 103 cm³/mol. The molecule has 0 unspecified atom stereocenters. The molecule has 2 fully saturated rings. The molecule has 0 amide bonds. The van der Waals surface area contributed by atoms with Crippen LogP contribution in [0.5, 0.6) is 0 Å². The second kappa shape index (κ2) is 8.05. The molecule has 0 bridgehead atoms. The van der Waals surface area contributed by atoms with Gasteiger partial charge in [-0.3, -0.25) is 4.90 Å². The molecule has 7 nitrogen and oxygen atoms in total. The van der Waals surface area contributed by atoms with E-state index < -0.39 is 0 Å². The summed E-state index contributed by atoms with van der Waals surface area (Å²) in [5.41, 5.74) is 0.479. The summed E-state index contributed by atoms with van der Waals surface area (Å²) in [5.74, 6) is 3.60. The van der Waals surface area contributed by atoms with Crippen molar-refractivity contribution in [3.05, 3.63) is 35.5 Å². The maximum absolute atomic E-state index is 9.06. The van der Waals surface area contributed by atoms with Gasteiger partial charge in [0.2, 0.25) is 0 Å². The van der Waals surface area contributed by atoms with Crippen molar-refractivity contribution in [3.63, 3.8) is 0 Å². The van der Waals surface area contributed by atoms with Crippen LogP contribution < -0.4 is 4.90 Å². The van der Waals surface area contributed by atoms with E-state index in [1.807, 2.05) is 12.1 Å². The van der Waals surface area contributed by atoms with Gasteiger partial charge >= 0.3 is 0 Å². The van der Waals surface area contributed by atoms with E-state index in [4.69, 9.17) is 5.26 Å². The average Bonchev–Trinajstić information content (AvgIpc) is 3.38. The van der Waals surface area contributed by atoms with Crippen LogP contribution in [0.4, 0.5) is 5.82 Å². The van der Waals surface area contributed by atoms with E-state index in [9.17, 15) is 0 Å². The lowest BCUT2D eigenvalue weighted by molar-refractivity contribution is 0.315. The van der Waals surface area contributed by atoms with E-state index in [0.717, 1.165) is 56.5 Å². The molecule has 0 aliphatic carbocycles. The number of hydrogen-bond acceptors (Lipinski definition) is 6. The molecule has 0 N–H and O–H groups in total. The van der Waals surface area contributed by atoms with Gasteiger partial charge in [0.25, 0.3) is 0 Å². The summed E-state index contributed by atoms with van der Waals surface area (Å²) in [6.07, 6.45) is 4.68. The number of hydrogen-bond donors (Lipinski definition) is 0. The lowest BCUT2D eigenvalue weighted by Crippen LogP contribution is -2.34. The summed E-state index contributed by atoms with van der Waals surface area (Å²) in [7, 11) is 0. The third-order valence-electron chi connectivity index (χ3n) is 5.77. The van der Waals surface area contributed by atoms with Crippen LogP contribution in [0.2, 0.25) is 0 Å². The minimum absolute atomic E-state index is 0.445. The highest BCUT2D eigenvalue weighted by Gasteiger charge is 2.27.